The quantitative estimate of drug-likeness (QED) is 0.283. The van der Waals surface area contributed by atoms with E-state index in [9.17, 15) is 0 Å². The van der Waals surface area contributed by atoms with Crippen LogP contribution in [-0.2, 0) is 6.42 Å². The zero-order valence-corrected chi connectivity index (χ0v) is 21.3. The lowest BCUT2D eigenvalue weighted by molar-refractivity contribution is 0.298. The third-order valence-electron chi connectivity index (χ3n) is 4.72. The molecule has 2 aromatic carbocycles. The second kappa shape index (κ2) is 13.6. The molecule has 1 atom stereocenters. The van der Waals surface area contributed by atoms with E-state index in [0.717, 1.165) is 47.6 Å². The molecule has 30 heavy (non-hydrogen) atoms. The normalized spacial score (nSPS) is 12.2. The fraction of sp³-hybridized carbons (Fsp3) is 0.409. The first-order chi connectivity index (χ1) is 14.0. The fourth-order valence-electron chi connectivity index (χ4n) is 3.06. The second-order valence-corrected chi connectivity index (χ2v) is 7.29. The van der Waals surface area contributed by atoms with E-state index in [1.807, 2.05) is 30.3 Å². The average molecular weight is 547 g/mol. The summed E-state index contributed by atoms with van der Waals surface area (Å²) in [5, 5.41) is 7.52. The van der Waals surface area contributed by atoms with Crippen LogP contribution in [0.2, 0.25) is 5.02 Å². The molecule has 0 aliphatic rings. The fourth-order valence-corrected chi connectivity index (χ4v) is 3.18. The van der Waals surface area contributed by atoms with Gasteiger partial charge in [0, 0.05) is 25.2 Å². The predicted octanol–water partition coefficient (Wildman–Crippen LogP) is 3.99. The van der Waals surface area contributed by atoms with Gasteiger partial charge < -0.3 is 25.0 Å². The van der Waals surface area contributed by atoms with Crippen LogP contribution < -0.4 is 20.1 Å². The lowest BCUT2D eigenvalue weighted by Crippen LogP contribution is -2.42. The highest BCUT2D eigenvalue weighted by Gasteiger charge is 2.14. The maximum Gasteiger partial charge on any atom is 0.191 e. The largest absolute Gasteiger partial charge is 0.493 e. The second-order valence-electron chi connectivity index (χ2n) is 6.85. The Bertz CT molecular complexity index is 800. The highest BCUT2D eigenvalue weighted by Crippen LogP contribution is 2.27. The number of hydrogen-bond donors (Lipinski definition) is 2. The van der Waals surface area contributed by atoms with Gasteiger partial charge in [-0.1, -0.05) is 29.8 Å². The SMILES string of the molecule is CN=C(NCCc1ccc(OC)c(OC)c1)NCC(c1ccc(Cl)cc1)N(C)C.I. The van der Waals surface area contributed by atoms with Crippen LogP contribution in [0, 0.1) is 0 Å². The molecule has 166 valence electrons. The number of hydrogen-bond acceptors (Lipinski definition) is 4. The number of methoxy groups -OCH3 is 2. The summed E-state index contributed by atoms with van der Waals surface area (Å²) in [5.41, 5.74) is 2.37. The maximum absolute atomic E-state index is 6.02. The van der Waals surface area contributed by atoms with Crippen molar-refractivity contribution in [2.24, 2.45) is 4.99 Å². The summed E-state index contributed by atoms with van der Waals surface area (Å²) in [6.45, 7) is 1.48. The van der Waals surface area contributed by atoms with Crippen molar-refractivity contribution in [2.75, 3.05) is 48.5 Å². The molecule has 0 aliphatic heterocycles. The highest BCUT2D eigenvalue weighted by atomic mass is 127. The number of guanidine groups is 1. The van der Waals surface area contributed by atoms with Gasteiger partial charge in [-0.3, -0.25) is 4.99 Å². The Morgan fingerprint density at radius 2 is 1.70 bits per heavy atom. The van der Waals surface area contributed by atoms with Gasteiger partial charge in [-0.15, -0.1) is 24.0 Å². The van der Waals surface area contributed by atoms with Gasteiger partial charge in [0.15, 0.2) is 17.5 Å². The summed E-state index contributed by atoms with van der Waals surface area (Å²) in [6, 6.07) is 14.1. The van der Waals surface area contributed by atoms with Crippen LogP contribution in [0.5, 0.6) is 11.5 Å². The first-order valence-corrected chi connectivity index (χ1v) is 9.93. The third kappa shape index (κ3) is 7.85. The Kier molecular flexibility index (Phi) is 11.9. The number of ether oxygens (including phenoxy) is 2. The molecule has 0 aliphatic carbocycles. The van der Waals surface area contributed by atoms with Gasteiger partial charge in [-0.05, 0) is 55.9 Å². The van der Waals surface area contributed by atoms with Gasteiger partial charge in [0.1, 0.15) is 0 Å². The summed E-state index contributed by atoms with van der Waals surface area (Å²) < 4.78 is 10.7. The first kappa shape index (κ1) is 26.3. The van der Waals surface area contributed by atoms with Crippen LogP contribution in [0.4, 0.5) is 0 Å². The molecule has 0 saturated heterocycles. The number of likely N-dealkylation sites (N-methyl/N-ethyl adjacent to an activating group) is 1. The monoisotopic (exact) mass is 546 g/mol. The van der Waals surface area contributed by atoms with Crippen molar-refractivity contribution in [1.82, 2.24) is 15.5 Å². The highest BCUT2D eigenvalue weighted by molar-refractivity contribution is 14.0. The smallest absolute Gasteiger partial charge is 0.191 e. The predicted molar refractivity (Wildman–Crippen MR) is 136 cm³/mol. The lowest BCUT2D eigenvalue weighted by Gasteiger charge is -2.26. The molecule has 0 fully saturated rings. The summed E-state index contributed by atoms with van der Waals surface area (Å²) in [7, 11) is 9.19. The topological polar surface area (TPSA) is 58.1 Å². The Morgan fingerprint density at radius 3 is 2.27 bits per heavy atom. The molecule has 0 bridgehead atoms. The number of aliphatic imine (C=N–C) groups is 1. The third-order valence-corrected chi connectivity index (χ3v) is 4.97. The molecule has 0 heterocycles. The molecule has 8 heteroatoms. The van der Waals surface area contributed by atoms with Crippen molar-refractivity contribution < 1.29 is 9.47 Å². The van der Waals surface area contributed by atoms with Crippen molar-refractivity contribution in [3.05, 3.63) is 58.6 Å². The molecule has 0 amide bonds. The molecule has 2 aromatic rings. The minimum Gasteiger partial charge on any atom is -0.493 e. The van der Waals surface area contributed by atoms with Gasteiger partial charge in [0.05, 0.1) is 20.3 Å². The van der Waals surface area contributed by atoms with E-state index in [1.165, 1.54) is 5.56 Å². The molecule has 0 aromatic heterocycles. The van der Waals surface area contributed by atoms with Gasteiger partial charge in [-0.25, -0.2) is 0 Å². The van der Waals surface area contributed by atoms with Crippen LogP contribution in [0.15, 0.2) is 47.5 Å². The number of nitrogens with one attached hydrogen (secondary N) is 2. The molecule has 2 rings (SSSR count). The molecule has 0 spiro atoms. The lowest BCUT2D eigenvalue weighted by atomic mass is 10.1. The molecular weight excluding hydrogens is 515 g/mol. The minimum absolute atomic E-state index is 0. The van der Waals surface area contributed by atoms with Crippen molar-refractivity contribution in [3.63, 3.8) is 0 Å². The molecule has 0 saturated carbocycles. The van der Waals surface area contributed by atoms with E-state index < -0.39 is 0 Å². The van der Waals surface area contributed by atoms with Crippen LogP contribution in [0.1, 0.15) is 17.2 Å². The Morgan fingerprint density at radius 1 is 1.03 bits per heavy atom. The minimum atomic E-state index is 0. The van der Waals surface area contributed by atoms with Gasteiger partial charge in [0.2, 0.25) is 0 Å². The van der Waals surface area contributed by atoms with E-state index in [4.69, 9.17) is 21.1 Å². The van der Waals surface area contributed by atoms with E-state index in [1.54, 1.807) is 21.3 Å². The molecule has 2 N–H and O–H groups in total. The van der Waals surface area contributed by atoms with Crippen LogP contribution >= 0.6 is 35.6 Å². The first-order valence-electron chi connectivity index (χ1n) is 9.55. The molecule has 6 nitrogen and oxygen atoms in total. The number of rotatable bonds is 9. The summed E-state index contributed by atoms with van der Waals surface area (Å²) in [4.78, 5) is 6.50. The van der Waals surface area contributed by atoms with Crippen molar-refractivity contribution >= 4 is 41.5 Å². The van der Waals surface area contributed by atoms with Crippen molar-refractivity contribution in [3.8, 4) is 11.5 Å². The Balaban J connectivity index is 0.00000450. The van der Waals surface area contributed by atoms with Crippen LogP contribution in [0.3, 0.4) is 0 Å². The summed E-state index contributed by atoms with van der Waals surface area (Å²) >= 11 is 6.02. The van der Waals surface area contributed by atoms with Gasteiger partial charge in [-0.2, -0.15) is 0 Å². The van der Waals surface area contributed by atoms with Crippen molar-refractivity contribution in [1.29, 1.82) is 0 Å². The summed E-state index contributed by atoms with van der Waals surface area (Å²) in [5.74, 6) is 2.24. The number of nitrogens with zero attached hydrogens (tertiary/aromatic N) is 2. The van der Waals surface area contributed by atoms with Crippen LogP contribution in [-0.4, -0.2) is 59.3 Å². The Labute approximate surface area is 202 Å². The maximum atomic E-state index is 6.02. The molecule has 1 unspecified atom stereocenters. The van der Waals surface area contributed by atoms with Crippen molar-refractivity contribution in [2.45, 2.75) is 12.5 Å². The van der Waals surface area contributed by atoms with E-state index in [0.29, 0.717) is 0 Å². The van der Waals surface area contributed by atoms with E-state index >= 15 is 0 Å². The zero-order valence-electron chi connectivity index (χ0n) is 18.2. The van der Waals surface area contributed by atoms with Gasteiger partial charge in [0.25, 0.3) is 0 Å². The zero-order chi connectivity index (χ0) is 21.2. The number of halogens is 2. The number of benzene rings is 2. The molecular formula is C22H32ClIN4O2. The van der Waals surface area contributed by atoms with E-state index in [2.05, 4.69) is 46.8 Å². The van der Waals surface area contributed by atoms with Gasteiger partial charge >= 0.3 is 0 Å². The van der Waals surface area contributed by atoms with E-state index in [-0.39, 0.29) is 30.0 Å². The Hall–Kier alpha value is -1.71. The van der Waals surface area contributed by atoms with Crippen LogP contribution in [0.25, 0.3) is 0 Å². The molecule has 0 radical (unpaired) electrons. The average Bonchev–Trinajstić information content (AvgIpc) is 2.73. The standard InChI is InChI=1S/C22H31ClN4O2.HI/c1-24-22(25-13-12-16-6-11-20(28-4)21(14-16)29-5)26-15-19(27(2)3)17-7-9-18(23)10-8-17;/h6-11,14,19H,12-13,15H2,1-5H3,(H2,24,25,26);1H. The summed E-state index contributed by atoms with van der Waals surface area (Å²) in [6.07, 6.45) is 0.843.